The van der Waals surface area contributed by atoms with Gasteiger partial charge in [0.2, 0.25) is 0 Å². The van der Waals surface area contributed by atoms with Crippen molar-refractivity contribution in [3.8, 4) is 0 Å². The fraction of sp³-hybridized carbons (Fsp3) is 0.714. The second kappa shape index (κ2) is 6.36. The van der Waals surface area contributed by atoms with Gasteiger partial charge in [0.1, 0.15) is 11.5 Å². The maximum atomic E-state index is 5.89. The van der Waals surface area contributed by atoms with Crippen LogP contribution in [0.25, 0.3) is 0 Å². The van der Waals surface area contributed by atoms with Gasteiger partial charge in [-0.25, -0.2) is 0 Å². The van der Waals surface area contributed by atoms with E-state index in [0.717, 1.165) is 31.3 Å². The fourth-order valence-electron chi connectivity index (χ4n) is 2.63. The number of hydrogen-bond donors (Lipinski definition) is 1. The predicted molar refractivity (Wildman–Crippen MR) is 71.4 cm³/mol. The highest BCUT2D eigenvalue weighted by Gasteiger charge is 2.23. The van der Waals surface area contributed by atoms with E-state index in [-0.39, 0.29) is 6.04 Å². The van der Waals surface area contributed by atoms with E-state index >= 15 is 0 Å². The lowest BCUT2D eigenvalue weighted by molar-refractivity contribution is 0.0350. The summed E-state index contributed by atoms with van der Waals surface area (Å²) >= 11 is 0. The zero-order chi connectivity index (χ0) is 13.0. The predicted octanol–water partition coefficient (Wildman–Crippen LogP) is 1.95. The largest absolute Gasteiger partial charge is 0.465 e. The van der Waals surface area contributed by atoms with Gasteiger partial charge in [0.05, 0.1) is 12.6 Å². The third kappa shape index (κ3) is 3.34. The minimum absolute atomic E-state index is 0.167. The second-order valence-electron chi connectivity index (χ2n) is 5.22. The number of aryl methyl sites for hydroxylation is 1. The molecular formula is C14H24N2O2. The smallest absolute Gasteiger partial charge is 0.122 e. The highest BCUT2D eigenvalue weighted by atomic mass is 16.5. The summed E-state index contributed by atoms with van der Waals surface area (Å²) in [4.78, 5) is 2.29. The first-order valence-corrected chi connectivity index (χ1v) is 6.75. The summed E-state index contributed by atoms with van der Waals surface area (Å²) in [5.41, 5.74) is 5.89. The number of rotatable bonds is 5. The Hall–Kier alpha value is -0.840. The Morgan fingerprint density at radius 3 is 2.89 bits per heavy atom. The van der Waals surface area contributed by atoms with Crippen LogP contribution in [0.4, 0.5) is 0 Å². The van der Waals surface area contributed by atoms with Crippen molar-refractivity contribution in [1.29, 1.82) is 0 Å². The van der Waals surface area contributed by atoms with E-state index < -0.39 is 0 Å². The van der Waals surface area contributed by atoms with E-state index in [4.69, 9.17) is 14.9 Å². The third-order valence-corrected chi connectivity index (χ3v) is 3.65. The molecule has 2 heterocycles. The molecule has 4 heteroatoms. The molecule has 18 heavy (non-hydrogen) atoms. The number of hydrogen-bond acceptors (Lipinski definition) is 4. The summed E-state index contributed by atoms with van der Waals surface area (Å²) in [5.74, 6) is 2.53. The average molecular weight is 252 g/mol. The first-order chi connectivity index (χ1) is 8.70. The van der Waals surface area contributed by atoms with Crippen molar-refractivity contribution in [2.24, 2.45) is 11.7 Å². The normalized spacial score (nSPS) is 22.3. The molecule has 1 aliphatic rings. The van der Waals surface area contributed by atoms with Crippen LogP contribution in [0.1, 0.15) is 30.4 Å². The number of furan rings is 1. The van der Waals surface area contributed by atoms with Crippen LogP contribution in [0.3, 0.4) is 0 Å². The topological polar surface area (TPSA) is 51.6 Å². The van der Waals surface area contributed by atoms with E-state index in [2.05, 4.69) is 11.9 Å². The van der Waals surface area contributed by atoms with Gasteiger partial charge >= 0.3 is 0 Å². The lowest BCUT2D eigenvalue weighted by Crippen LogP contribution is -2.36. The van der Waals surface area contributed by atoms with Crippen molar-refractivity contribution in [1.82, 2.24) is 4.90 Å². The molecule has 0 radical (unpaired) electrons. The van der Waals surface area contributed by atoms with Crippen LogP contribution in [0, 0.1) is 12.8 Å². The summed E-state index contributed by atoms with van der Waals surface area (Å²) in [7, 11) is 2.12. The summed E-state index contributed by atoms with van der Waals surface area (Å²) in [6.07, 6.45) is 2.42. The summed E-state index contributed by atoms with van der Waals surface area (Å²) in [6.45, 7) is 5.35. The van der Waals surface area contributed by atoms with Gasteiger partial charge in [-0.2, -0.15) is 0 Å². The highest BCUT2D eigenvalue weighted by Crippen LogP contribution is 2.23. The van der Waals surface area contributed by atoms with E-state index in [1.807, 2.05) is 19.1 Å². The Morgan fingerprint density at radius 1 is 1.50 bits per heavy atom. The van der Waals surface area contributed by atoms with E-state index in [1.54, 1.807) is 0 Å². The number of ether oxygens (including phenoxy) is 1. The zero-order valence-electron chi connectivity index (χ0n) is 11.4. The van der Waals surface area contributed by atoms with Crippen LogP contribution < -0.4 is 5.73 Å². The number of nitrogens with zero attached hydrogens (tertiary/aromatic N) is 1. The van der Waals surface area contributed by atoms with Crippen LogP contribution >= 0.6 is 0 Å². The molecule has 1 aromatic heterocycles. The van der Waals surface area contributed by atoms with E-state index in [0.29, 0.717) is 12.5 Å². The first-order valence-electron chi connectivity index (χ1n) is 6.75. The molecule has 2 atom stereocenters. The van der Waals surface area contributed by atoms with Gasteiger partial charge in [-0.05, 0) is 44.9 Å². The van der Waals surface area contributed by atoms with Crippen LogP contribution in [-0.2, 0) is 4.74 Å². The molecule has 2 rings (SSSR count). The molecule has 0 aromatic carbocycles. The van der Waals surface area contributed by atoms with Crippen molar-refractivity contribution in [3.05, 3.63) is 23.7 Å². The molecule has 0 amide bonds. The van der Waals surface area contributed by atoms with Gasteiger partial charge in [0.15, 0.2) is 0 Å². The third-order valence-electron chi connectivity index (χ3n) is 3.65. The minimum Gasteiger partial charge on any atom is -0.465 e. The average Bonchev–Trinajstić information content (AvgIpc) is 2.78. The van der Waals surface area contributed by atoms with Crippen molar-refractivity contribution in [2.45, 2.75) is 25.8 Å². The summed E-state index contributed by atoms with van der Waals surface area (Å²) in [6, 6.07) is 4.19. The Balaban J connectivity index is 1.94. The van der Waals surface area contributed by atoms with E-state index in [9.17, 15) is 0 Å². The Morgan fingerprint density at radius 2 is 2.33 bits per heavy atom. The molecule has 1 saturated heterocycles. The monoisotopic (exact) mass is 252 g/mol. The fourth-order valence-corrected chi connectivity index (χ4v) is 2.63. The first kappa shape index (κ1) is 13.6. The van der Waals surface area contributed by atoms with Gasteiger partial charge < -0.3 is 14.9 Å². The molecule has 0 bridgehead atoms. The lowest BCUT2D eigenvalue weighted by atomic mass is 10.0. The molecule has 4 nitrogen and oxygen atoms in total. The van der Waals surface area contributed by atoms with Crippen molar-refractivity contribution < 1.29 is 9.15 Å². The molecule has 0 saturated carbocycles. The molecule has 102 valence electrons. The molecule has 1 aromatic rings. The molecule has 2 N–H and O–H groups in total. The van der Waals surface area contributed by atoms with Crippen LogP contribution in [0.2, 0.25) is 0 Å². The SMILES string of the molecule is Cc1ccc(C(CN)N(C)CC2CCCOC2)o1. The molecule has 0 aliphatic carbocycles. The maximum Gasteiger partial charge on any atom is 0.122 e. The Labute approximate surface area is 109 Å². The van der Waals surface area contributed by atoms with Gasteiger partial charge in [-0.3, -0.25) is 4.90 Å². The maximum absolute atomic E-state index is 5.89. The zero-order valence-corrected chi connectivity index (χ0v) is 11.4. The molecule has 1 aliphatic heterocycles. The van der Waals surface area contributed by atoms with Gasteiger partial charge in [-0.1, -0.05) is 0 Å². The van der Waals surface area contributed by atoms with Crippen LogP contribution in [-0.4, -0.2) is 38.3 Å². The molecule has 1 fully saturated rings. The summed E-state index contributed by atoms with van der Waals surface area (Å²) < 4.78 is 11.2. The Bertz CT molecular complexity index is 358. The summed E-state index contributed by atoms with van der Waals surface area (Å²) in [5, 5.41) is 0. The minimum atomic E-state index is 0.167. The quantitative estimate of drug-likeness (QED) is 0.870. The standard InChI is InChI=1S/C14H24N2O2/c1-11-5-6-14(18-11)13(8-15)16(2)9-12-4-3-7-17-10-12/h5-6,12-13H,3-4,7-10,15H2,1-2H3. The highest BCUT2D eigenvalue weighted by molar-refractivity contribution is 5.10. The molecule has 0 spiro atoms. The number of likely N-dealkylation sites (N-methyl/N-ethyl adjacent to an activating group) is 1. The van der Waals surface area contributed by atoms with Crippen LogP contribution in [0.5, 0.6) is 0 Å². The van der Waals surface area contributed by atoms with E-state index in [1.165, 1.54) is 12.8 Å². The molecular weight excluding hydrogens is 228 g/mol. The molecule has 2 unspecified atom stereocenters. The number of nitrogens with two attached hydrogens (primary N) is 1. The van der Waals surface area contributed by atoms with Crippen LogP contribution in [0.15, 0.2) is 16.5 Å². The van der Waals surface area contributed by atoms with Gasteiger partial charge in [-0.15, -0.1) is 0 Å². The van der Waals surface area contributed by atoms with Crippen molar-refractivity contribution in [3.63, 3.8) is 0 Å². The van der Waals surface area contributed by atoms with Gasteiger partial charge in [0, 0.05) is 19.7 Å². The Kier molecular flexibility index (Phi) is 4.80. The second-order valence-corrected chi connectivity index (χ2v) is 5.22. The lowest BCUT2D eigenvalue weighted by Gasteiger charge is -2.31. The van der Waals surface area contributed by atoms with Crippen molar-refractivity contribution >= 4 is 0 Å². The van der Waals surface area contributed by atoms with Gasteiger partial charge in [0.25, 0.3) is 0 Å². The van der Waals surface area contributed by atoms with Crippen molar-refractivity contribution in [2.75, 3.05) is 33.4 Å².